The van der Waals surface area contributed by atoms with Crippen LogP contribution in [0.25, 0.3) is 32.7 Å². The van der Waals surface area contributed by atoms with Crippen molar-refractivity contribution in [2.24, 2.45) is 0 Å². The Balaban J connectivity index is 2.21. The molecule has 1 aromatic heterocycles. The van der Waals surface area contributed by atoms with Crippen LogP contribution in [-0.2, 0) is 0 Å². The topological polar surface area (TPSA) is 39.2 Å². The highest BCUT2D eigenvalue weighted by Gasteiger charge is 2.11. The van der Waals surface area contributed by atoms with Crippen molar-refractivity contribution < 1.29 is 4.42 Å². The van der Waals surface area contributed by atoms with Crippen LogP contribution in [0, 0.1) is 0 Å². The highest BCUT2D eigenvalue weighted by Crippen LogP contribution is 2.36. The van der Waals surface area contributed by atoms with E-state index in [0.717, 1.165) is 11.1 Å². The van der Waals surface area contributed by atoms with Gasteiger partial charge in [0.05, 0.1) is 6.26 Å². The molecule has 0 bridgehead atoms. The van der Waals surface area contributed by atoms with Crippen molar-refractivity contribution in [1.29, 1.82) is 0 Å². The third-order valence-corrected chi connectivity index (χ3v) is 3.75. The smallest absolute Gasteiger partial charge is 0.197 e. The summed E-state index contributed by atoms with van der Waals surface area (Å²) in [7, 11) is 0. The Labute approximate surface area is 116 Å². The fraction of sp³-hybridized carbons (Fsp3) is 0. The Bertz CT molecular complexity index is 921. The lowest BCUT2D eigenvalue weighted by Crippen LogP contribution is -1.87. The average Bonchev–Trinajstić information content (AvgIpc) is 2.92. The zero-order valence-corrected chi connectivity index (χ0v) is 10.8. The highest BCUT2D eigenvalue weighted by molar-refractivity contribution is 6.14. The van der Waals surface area contributed by atoms with Gasteiger partial charge in [0.2, 0.25) is 0 Å². The zero-order valence-electron chi connectivity index (χ0n) is 10.8. The standard InChI is InChI=1S/C18H13NO/c19-18-16(10-11-20-18)15-7-3-5-13-9-8-12-4-1-2-6-14(12)17(13)15/h1-11H,19H2. The number of rotatable bonds is 1. The summed E-state index contributed by atoms with van der Waals surface area (Å²) in [6.07, 6.45) is 1.63. The Kier molecular flexibility index (Phi) is 2.30. The number of nitrogen functional groups attached to an aromatic ring is 1. The largest absolute Gasteiger partial charge is 0.449 e. The SMILES string of the molecule is Nc1occc1-c1cccc2ccc3ccccc3c12. The van der Waals surface area contributed by atoms with Crippen molar-refractivity contribution in [3.8, 4) is 11.1 Å². The van der Waals surface area contributed by atoms with E-state index in [-0.39, 0.29) is 0 Å². The summed E-state index contributed by atoms with van der Waals surface area (Å²) in [5, 5.41) is 4.90. The van der Waals surface area contributed by atoms with E-state index in [1.807, 2.05) is 6.07 Å². The first-order valence-corrected chi connectivity index (χ1v) is 6.58. The third kappa shape index (κ3) is 1.51. The van der Waals surface area contributed by atoms with Gasteiger partial charge < -0.3 is 10.2 Å². The van der Waals surface area contributed by atoms with Crippen molar-refractivity contribution in [3.63, 3.8) is 0 Å². The molecule has 2 N–H and O–H groups in total. The summed E-state index contributed by atoms with van der Waals surface area (Å²) in [6, 6.07) is 20.9. The zero-order chi connectivity index (χ0) is 13.5. The van der Waals surface area contributed by atoms with Crippen LogP contribution in [0.3, 0.4) is 0 Å². The lowest BCUT2D eigenvalue weighted by Gasteiger charge is -2.09. The van der Waals surface area contributed by atoms with Crippen molar-refractivity contribution in [1.82, 2.24) is 0 Å². The van der Waals surface area contributed by atoms with Gasteiger partial charge in [-0.25, -0.2) is 0 Å². The summed E-state index contributed by atoms with van der Waals surface area (Å²) in [5.74, 6) is 0.463. The van der Waals surface area contributed by atoms with Crippen LogP contribution in [-0.4, -0.2) is 0 Å². The monoisotopic (exact) mass is 259 g/mol. The van der Waals surface area contributed by atoms with Gasteiger partial charge in [0, 0.05) is 5.56 Å². The number of anilines is 1. The van der Waals surface area contributed by atoms with Gasteiger partial charge in [-0.1, -0.05) is 54.6 Å². The average molecular weight is 259 g/mol. The molecular formula is C18H13NO. The fourth-order valence-electron chi connectivity index (χ4n) is 2.83. The number of benzene rings is 3. The summed E-state index contributed by atoms with van der Waals surface area (Å²) in [4.78, 5) is 0. The van der Waals surface area contributed by atoms with Crippen molar-refractivity contribution in [3.05, 3.63) is 66.9 Å². The molecule has 0 saturated carbocycles. The fourth-order valence-corrected chi connectivity index (χ4v) is 2.83. The highest BCUT2D eigenvalue weighted by atomic mass is 16.3. The van der Waals surface area contributed by atoms with E-state index in [2.05, 4.69) is 54.6 Å². The molecule has 0 atom stereocenters. The molecule has 0 saturated heterocycles. The molecular weight excluding hydrogens is 246 g/mol. The van der Waals surface area contributed by atoms with E-state index < -0.39 is 0 Å². The van der Waals surface area contributed by atoms with Gasteiger partial charge in [0.1, 0.15) is 0 Å². The van der Waals surface area contributed by atoms with Gasteiger partial charge in [0.25, 0.3) is 0 Å². The van der Waals surface area contributed by atoms with Crippen molar-refractivity contribution in [2.45, 2.75) is 0 Å². The maximum absolute atomic E-state index is 5.94. The number of fused-ring (bicyclic) bond motifs is 3. The van der Waals surface area contributed by atoms with E-state index >= 15 is 0 Å². The maximum atomic E-state index is 5.94. The van der Waals surface area contributed by atoms with Gasteiger partial charge in [-0.05, 0) is 33.2 Å². The molecule has 0 amide bonds. The third-order valence-electron chi connectivity index (χ3n) is 3.75. The van der Waals surface area contributed by atoms with Crippen LogP contribution in [0.1, 0.15) is 0 Å². The summed E-state index contributed by atoms with van der Waals surface area (Å²) in [5.41, 5.74) is 8.01. The quantitative estimate of drug-likeness (QED) is 0.497. The minimum atomic E-state index is 0.463. The van der Waals surface area contributed by atoms with Crippen LogP contribution in [0.5, 0.6) is 0 Å². The van der Waals surface area contributed by atoms with Crippen LogP contribution in [0.2, 0.25) is 0 Å². The Morgan fingerprint density at radius 2 is 1.50 bits per heavy atom. The predicted molar refractivity (Wildman–Crippen MR) is 83.6 cm³/mol. The second kappa shape index (κ2) is 4.14. The van der Waals surface area contributed by atoms with Gasteiger partial charge in [-0.15, -0.1) is 0 Å². The number of nitrogens with two attached hydrogens (primary N) is 1. The van der Waals surface area contributed by atoms with Crippen LogP contribution < -0.4 is 5.73 Å². The van der Waals surface area contributed by atoms with Crippen LogP contribution >= 0.6 is 0 Å². The van der Waals surface area contributed by atoms with Crippen LogP contribution in [0.15, 0.2) is 71.3 Å². The van der Waals surface area contributed by atoms with Gasteiger partial charge >= 0.3 is 0 Å². The van der Waals surface area contributed by atoms with E-state index in [0.29, 0.717) is 5.88 Å². The van der Waals surface area contributed by atoms with E-state index in [1.165, 1.54) is 21.5 Å². The Morgan fingerprint density at radius 1 is 0.700 bits per heavy atom. The normalized spacial score (nSPS) is 11.2. The minimum Gasteiger partial charge on any atom is -0.449 e. The van der Waals surface area contributed by atoms with E-state index in [1.54, 1.807) is 6.26 Å². The first kappa shape index (κ1) is 11.1. The lowest BCUT2D eigenvalue weighted by atomic mass is 9.95. The molecule has 2 heteroatoms. The van der Waals surface area contributed by atoms with Gasteiger partial charge in [0.15, 0.2) is 5.88 Å². The molecule has 2 nitrogen and oxygen atoms in total. The molecule has 0 fully saturated rings. The summed E-state index contributed by atoms with van der Waals surface area (Å²) >= 11 is 0. The Hall–Kier alpha value is -2.74. The lowest BCUT2D eigenvalue weighted by molar-refractivity contribution is 0.588. The Morgan fingerprint density at radius 3 is 2.35 bits per heavy atom. The molecule has 4 rings (SSSR count). The maximum Gasteiger partial charge on any atom is 0.197 e. The first-order valence-electron chi connectivity index (χ1n) is 6.58. The molecule has 1 heterocycles. The first-order chi connectivity index (χ1) is 9.84. The van der Waals surface area contributed by atoms with Gasteiger partial charge in [-0.2, -0.15) is 0 Å². The molecule has 0 radical (unpaired) electrons. The van der Waals surface area contributed by atoms with E-state index in [4.69, 9.17) is 10.2 Å². The van der Waals surface area contributed by atoms with Crippen molar-refractivity contribution >= 4 is 27.4 Å². The predicted octanol–water partition coefficient (Wildman–Crippen LogP) is 4.84. The molecule has 0 unspecified atom stereocenters. The van der Waals surface area contributed by atoms with Crippen LogP contribution in [0.4, 0.5) is 5.88 Å². The molecule has 96 valence electrons. The second-order valence-electron chi connectivity index (χ2n) is 4.89. The molecule has 0 aliphatic rings. The number of furan rings is 1. The number of hydrogen-bond acceptors (Lipinski definition) is 2. The van der Waals surface area contributed by atoms with Gasteiger partial charge in [-0.3, -0.25) is 0 Å². The molecule has 0 aliphatic heterocycles. The minimum absolute atomic E-state index is 0.463. The molecule has 3 aromatic carbocycles. The molecule has 4 aromatic rings. The number of hydrogen-bond donors (Lipinski definition) is 1. The molecule has 0 aliphatic carbocycles. The second-order valence-corrected chi connectivity index (χ2v) is 4.89. The summed E-state index contributed by atoms with van der Waals surface area (Å²) < 4.78 is 5.26. The van der Waals surface area contributed by atoms with Crippen molar-refractivity contribution in [2.75, 3.05) is 5.73 Å². The molecule has 20 heavy (non-hydrogen) atoms. The van der Waals surface area contributed by atoms with E-state index in [9.17, 15) is 0 Å². The summed E-state index contributed by atoms with van der Waals surface area (Å²) in [6.45, 7) is 0. The molecule has 0 spiro atoms.